The maximum Gasteiger partial charge on any atom is 0.242 e. The van der Waals surface area contributed by atoms with E-state index < -0.39 is 5.54 Å². The van der Waals surface area contributed by atoms with Crippen LogP contribution in [0.5, 0.6) is 0 Å². The molecule has 8 nitrogen and oxygen atoms in total. The first kappa shape index (κ1) is 22.7. The minimum atomic E-state index is -0.757. The highest BCUT2D eigenvalue weighted by Crippen LogP contribution is 2.22. The number of hydrogen-bond donors (Lipinski definition) is 1. The van der Waals surface area contributed by atoms with Crippen LogP contribution in [0.3, 0.4) is 0 Å². The van der Waals surface area contributed by atoms with Crippen molar-refractivity contribution in [2.75, 3.05) is 63.3 Å². The first-order chi connectivity index (χ1) is 11.5. The van der Waals surface area contributed by atoms with Crippen molar-refractivity contribution in [3.63, 3.8) is 0 Å². The van der Waals surface area contributed by atoms with Gasteiger partial charge in [-0.3, -0.25) is 4.79 Å². The highest BCUT2D eigenvalue weighted by Gasteiger charge is 2.39. The third-order valence-electron chi connectivity index (χ3n) is 4.73. The van der Waals surface area contributed by atoms with Crippen molar-refractivity contribution in [3.05, 3.63) is 12.3 Å². The molecule has 0 saturated carbocycles. The van der Waals surface area contributed by atoms with E-state index in [4.69, 9.17) is 10.5 Å². The topological polar surface area (TPSA) is 87.8 Å². The fourth-order valence-corrected chi connectivity index (χ4v) is 3.13. The molecule has 1 amide bonds. The normalized spacial score (nSPS) is 19.2. The maximum absolute atomic E-state index is 12.8. The molecule has 0 bridgehead atoms. The molecule has 2 fully saturated rings. The van der Waals surface area contributed by atoms with E-state index in [1.54, 1.807) is 6.20 Å². The van der Waals surface area contributed by atoms with Gasteiger partial charge in [0.15, 0.2) is 0 Å². The van der Waals surface area contributed by atoms with Crippen molar-refractivity contribution in [2.45, 2.75) is 18.4 Å². The molecule has 0 radical (unpaired) electrons. The standard InChI is InChI=1S/C16H26N6O2.2ClH/c1-20(2)15-18-6-3-13(19-15)21-7-9-22(10-8-21)14(23)16(17)4-11-24-12-5-16;;/h3,6H,4-5,7-12,17H2,1-2H3;2*1H. The Morgan fingerprint density at radius 2 is 1.81 bits per heavy atom. The largest absolute Gasteiger partial charge is 0.381 e. The van der Waals surface area contributed by atoms with Crippen LogP contribution in [0.15, 0.2) is 12.3 Å². The Morgan fingerprint density at radius 3 is 2.38 bits per heavy atom. The van der Waals surface area contributed by atoms with Gasteiger partial charge in [-0.25, -0.2) is 4.98 Å². The van der Waals surface area contributed by atoms with Crippen molar-refractivity contribution < 1.29 is 9.53 Å². The number of halogens is 2. The summed E-state index contributed by atoms with van der Waals surface area (Å²) in [5.74, 6) is 1.64. The molecule has 2 aliphatic heterocycles. The summed E-state index contributed by atoms with van der Waals surface area (Å²) in [6, 6.07) is 1.91. The van der Waals surface area contributed by atoms with E-state index in [0.29, 0.717) is 45.1 Å². The van der Waals surface area contributed by atoms with E-state index in [1.807, 2.05) is 30.0 Å². The average molecular weight is 407 g/mol. The van der Waals surface area contributed by atoms with Crippen LogP contribution in [-0.4, -0.2) is 79.8 Å². The van der Waals surface area contributed by atoms with E-state index in [0.717, 1.165) is 18.9 Å². The van der Waals surface area contributed by atoms with Crippen molar-refractivity contribution >= 4 is 42.5 Å². The fraction of sp³-hybridized carbons (Fsp3) is 0.688. The zero-order chi connectivity index (χ0) is 17.2. The number of nitrogens with zero attached hydrogens (tertiary/aromatic N) is 5. The van der Waals surface area contributed by atoms with Crippen molar-refractivity contribution in [3.8, 4) is 0 Å². The number of ether oxygens (including phenoxy) is 1. The van der Waals surface area contributed by atoms with Gasteiger partial charge in [-0.05, 0) is 18.9 Å². The number of anilines is 2. The van der Waals surface area contributed by atoms with E-state index in [1.165, 1.54) is 0 Å². The predicted molar refractivity (Wildman–Crippen MR) is 107 cm³/mol. The molecule has 10 heteroatoms. The highest BCUT2D eigenvalue weighted by atomic mass is 35.5. The number of carbonyl (C=O) groups is 1. The molecular weight excluding hydrogens is 379 g/mol. The highest BCUT2D eigenvalue weighted by molar-refractivity contribution is 5.86. The molecule has 0 aromatic carbocycles. The molecule has 2 saturated heterocycles. The van der Waals surface area contributed by atoms with Crippen molar-refractivity contribution in [1.29, 1.82) is 0 Å². The van der Waals surface area contributed by atoms with Gasteiger partial charge in [0.05, 0.1) is 5.54 Å². The van der Waals surface area contributed by atoms with Crippen LogP contribution in [0.25, 0.3) is 0 Å². The Morgan fingerprint density at radius 1 is 1.19 bits per heavy atom. The third kappa shape index (κ3) is 4.88. The second-order valence-electron chi connectivity index (χ2n) is 6.66. The molecule has 1 aromatic heterocycles. The minimum Gasteiger partial charge on any atom is -0.381 e. The van der Waals surface area contributed by atoms with Gasteiger partial charge in [0.1, 0.15) is 5.82 Å². The second-order valence-corrected chi connectivity index (χ2v) is 6.66. The first-order valence-electron chi connectivity index (χ1n) is 8.41. The summed E-state index contributed by atoms with van der Waals surface area (Å²) < 4.78 is 5.33. The Hall–Kier alpha value is -1.35. The van der Waals surface area contributed by atoms with Gasteiger partial charge in [0.25, 0.3) is 0 Å². The van der Waals surface area contributed by atoms with Crippen LogP contribution in [0.1, 0.15) is 12.8 Å². The van der Waals surface area contributed by atoms with Gasteiger partial charge in [0, 0.05) is 59.7 Å². The molecule has 0 aliphatic carbocycles. The lowest BCUT2D eigenvalue weighted by Gasteiger charge is -2.41. The number of piperazine rings is 1. The number of aromatic nitrogens is 2. The lowest BCUT2D eigenvalue weighted by atomic mass is 9.89. The predicted octanol–water partition coefficient (Wildman–Crippen LogP) is 0.543. The van der Waals surface area contributed by atoms with Gasteiger partial charge >= 0.3 is 0 Å². The van der Waals surface area contributed by atoms with Crippen molar-refractivity contribution in [1.82, 2.24) is 14.9 Å². The Balaban J connectivity index is 0.00000169. The van der Waals surface area contributed by atoms with E-state index in [9.17, 15) is 4.79 Å². The average Bonchev–Trinajstić information content (AvgIpc) is 2.62. The Kier molecular flexibility index (Phi) is 8.33. The minimum absolute atomic E-state index is 0. The maximum atomic E-state index is 12.8. The molecule has 0 spiro atoms. The summed E-state index contributed by atoms with van der Waals surface area (Å²) in [7, 11) is 3.84. The van der Waals surface area contributed by atoms with Crippen LogP contribution in [0, 0.1) is 0 Å². The van der Waals surface area contributed by atoms with Crippen LogP contribution in [-0.2, 0) is 9.53 Å². The SMILES string of the molecule is CN(C)c1nccc(N2CCN(C(=O)C3(N)CCOCC3)CC2)n1.Cl.Cl. The summed E-state index contributed by atoms with van der Waals surface area (Å²) in [6.45, 7) is 3.97. The van der Waals surface area contributed by atoms with Crippen LogP contribution < -0.4 is 15.5 Å². The lowest BCUT2D eigenvalue weighted by Crippen LogP contribution is -2.61. The summed E-state index contributed by atoms with van der Waals surface area (Å²) >= 11 is 0. The van der Waals surface area contributed by atoms with Crippen LogP contribution in [0.2, 0.25) is 0 Å². The van der Waals surface area contributed by atoms with E-state index >= 15 is 0 Å². The van der Waals surface area contributed by atoms with E-state index in [2.05, 4.69) is 14.9 Å². The molecule has 2 N–H and O–H groups in total. The number of carbonyl (C=O) groups excluding carboxylic acids is 1. The lowest BCUT2D eigenvalue weighted by molar-refractivity contribution is -0.140. The zero-order valence-electron chi connectivity index (χ0n) is 15.3. The molecule has 3 heterocycles. The quantitative estimate of drug-likeness (QED) is 0.783. The van der Waals surface area contributed by atoms with Gasteiger partial charge in [-0.1, -0.05) is 0 Å². The zero-order valence-corrected chi connectivity index (χ0v) is 16.9. The van der Waals surface area contributed by atoms with Gasteiger partial charge < -0.3 is 25.2 Å². The summed E-state index contributed by atoms with van der Waals surface area (Å²) in [4.78, 5) is 27.5. The van der Waals surface area contributed by atoms with Crippen LogP contribution >= 0.6 is 24.8 Å². The number of rotatable bonds is 3. The molecule has 2 aliphatic rings. The Bertz CT molecular complexity index is 590. The van der Waals surface area contributed by atoms with Gasteiger partial charge in [-0.2, -0.15) is 4.98 Å². The van der Waals surface area contributed by atoms with Crippen molar-refractivity contribution in [2.24, 2.45) is 5.73 Å². The summed E-state index contributed by atoms with van der Waals surface area (Å²) in [5.41, 5.74) is 5.56. The third-order valence-corrected chi connectivity index (χ3v) is 4.73. The number of nitrogens with two attached hydrogens (primary N) is 1. The smallest absolute Gasteiger partial charge is 0.242 e. The van der Waals surface area contributed by atoms with Crippen LogP contribution in [0.4, 0.5) is 11.8 Å². The van der Waals surface area contributed by atoms with Gasteiger partial charge in [-0.15, -0.1) is 24.8 Å². The molecular formula is C16H28Cl2N6O2. The fourth-order valence-electron chi connectivity index (χ4n) is 3.13. The molecule has 0 atom stereocenters. The molecule has 148 valence electrons. The molecule has 3 rings (SSSR count). The summed E-state index contributed by atoms with van der Waals surface area (Å²) in [6.07, 6.45) is 2.97. The first-order valence-corrected chi connectivity index (χ1v) is 8.41. The van der Waals surface area contributed by atoms with Gasteiger partial charge in [0.2, 0.25) is 11.9 Å². The molecule has 26 heavy (non-hydrogen) atoms. The monoisotopic (exact) mass is 406 g/mol. The number of amides is 1. The summed E-state index contributed by atoms with van der Waals surface area (Å²) in [5, 5.41) is 0. The molecule has 0 unspecified atom stereocenters. The molecule has 1 aromatic rings. The second kappa shape index (κ2) is 9.55. The Labute approximate surface area is 166 Å². The number of hydrogen-bond acceptors (Lipinski definition) is 7. The van der Waals surface area contributed by atoms with E-state index in [-0.39, 0.29) is 30.7 Å².